The molecule has 0 aromatic heterocycles. The van der Waals surface area contributed by atoms with Crippen molar-refractivity contribution in [1.82, 2.24) is 5.43 Å². The second-order valence-electron chi connectivity index (χ2n) is 3.22. The van der Waals surface area contributed by atoms with Crippen LogP contribution in [0.3, 0.4) is 0 Å². The normalized spacial score (nSPS) is 28.8. The fourth-order valence-corrected chi connectivity index (χ4v) is 1.23. The molecule has 4 nitrogen and oxygen atoms in total. The van der Waals surface area contributed by atoms with Crippen LogP contribution in [0.4, 0.5) is 0 Å². The van der Waals surface area contributed by atoms with Crippen LogP contribution >= 0.6 is 0 Å². The SMILES string of the molecule is COCCN=C(NN)C1CC1C. The van der Waals surface area contributed by atoms with Crippen molar-refractivity contribution < 1.29 is 4.74 Å². The first-order chi connectivity index (χ1) is 5.79. The predicted octanol–water partition coefficient (Wildman–Crippen LogP) is 0.151. The number of nitrogens with one attached hydrogen (secondary N) is 1. The summed E-state index contributed by atoms with van der Waals surface area (Å²) in [7, 11) is 1.67. The second kappa shape index (κ2) is 4.42. The first-order valence-electron chi connectivity index (χ1n) is 4.29. The topological polar surface area (TPSA) is 59.6 Å². The van der Waals surface area contributed by atoms with Gasteiger partial charge in [-0.05, 0) is 12.3 Å². The number of methoxy groups -OCH3 is 1. The fourth-order valence-electron chi connectivity index (χ4n) is 1.23. The summed E-state index contributed by atoms with van der Waals surface area (Å²) in [5.41, 5.74) is 2.65. The maximum atomic E-state index is 5.34. The van der Waals surface area contributed by atoms with Gasteiger partial charge in [-0.3, -0.25) is 4.99 Å². The van der Waals surface area contributed by atoms with Gasteiger partial charge < -0.3 is 10.2 Å². The van der Waals surface area contributed by atoms with Crippen LogP contribution in [0.2, 0.25) is 0 Å². The fraction of sp³-hybridized carbons (Fsp3) is 0.875. The molecular formula is C8H17N3O. The van der Waals surface area contributed by atoms with Crippen LogP contribution in [0.25, 0.3) is 0 Å². The lowest BCUT2D eigenvalue weighted by molar-refractivity contribution is 0.208. The third kappa shape index (κ3) is 2.46. The van der Waals surface area contributed by atoms with Gasteiger partial charge in [0.1, 0.15) is 5.84 Å². The van der Waals surface area contributed by atoms with E-state index in [1.54, 1.807) is 7.11 Å². The zero-order chi connectivity index (χ0) is 8.97. The van der Waals surface area contributed by atoms with Crippen LogP contribution in [0.5, 0.6) is 0 Å². The molecule has 0 aromatic rings. The Bertz CT molecular complexity index is 170. The van der Waals surface area contributed by atoms with Crippen molar-refractivity contribution in [2.24, 2.45) is 22.7 Å². The summed E-state index contributed by atoms with van der Waals surface area (Å²) in [6, 6.07) is 0. The van der Waals surface area contributed by atoms with E-state index < -0.39 is 0 Å². The Labute approximate surface area is 73.2 Å². The number of hydrogen-bond donors (Lipinski definition) is 2. The van der Waals surface area contributed by atoms with E-state index >= 15 is 0 Å². The molecule has 1 rings (SSSR count). The molecular weight excluding hydrogens is 154 g/mol. The monoisotopic (exact) mass is 171 g/mol. The quantitative estimate of drug-likeness (QED) is 0.208. The van der Waals surface area contributed by atoms with Crippen LogP contribution < -0.4 is 11.3 Å². The molecule has 0 aromatic carbocycles. The minimum absolute atomic E-state index is 0.562. The summed E-state index contributed by atoms with van der Waals surface area (Å²) in [4.78, 5) is 4.30. The maximum absolute atomic E-state index is 5.34. The van der Waals surface area contributed by atoms with Gasteiger partial charge in [-0.15, -0.1) is 0 Å². The maximum Gasteiger partial charge on any atom is 0.114 e. The van der Waals surface area contributed by atoms with Crippen molar-refractivity contribution in [2.45, 2.75) is 13.3 Å². The molecule has 70 valence electrons. The Kier molecular flexibility index (Phi) is 3.49. The summed E-state index contributed by atoms with van der Waals surface area (Å²) in [5, 5.41) is 0. The molecule has 0 bridgehead atoms. The van der Waals surface area contributed by atoms with Crippen molar-refractivity contribution in [1.29, 1.82) is 0 Å². The standard InChI is InChI=1S/C8H17N3O/c1-6-5-7(6)8(11-9)10-3-4-12-2/h6-7H,3-5,9H2,1-2H3,(H,10,11). The highest BCUT2D eigenvalue weighted by atomic mass is 16.5. The van der Waals surface area contributed by atoms with Gasteiger partial charge in [-0.1, -0.05) is 6.92 Å². The molecule has 0 spiro atoms. The lowest BCUT2D eigenvalue weighted by atomic mass is 10.3. The van der Waals surface area contributed by atoms with Crippen LogP contribution in [-0.4, -0.2) is 26.1 Å². The summed E-state index contributed by atoms with van der Waals surface area (Å²) < 4.78 is 4.89. The Morgan fingerprint density at radius 3 is 2.83 bits per heavy atom. The Balaban J connectivity index is 2.29. The first-order valence-corrected chi connectivity index (χ1v) is 4.29. The minimum Gasteiger partial charge on any atom is -0.383 e. The van der Waals surface area contributed by atoms with E-state index in [1.165, 1.54) is 6.42 Å². The predicted molar refractivity (Wildman–Crippen MR) is 48.8 cm³/mol. The number of aliphatic imine (C=N–C) groups is 1. The first kappa shape index (κ1) is 9.48. The zero-order valence-corrected chi connectivity index (χ0v) is 7.71. The Morgan fingerprint density at radius 1 is 1.75 bits per heavy atom. The smallest absolute Gasteiger partial charge is 0.114 e. The van der Waals surface area contributed by atoms with Crippen molar-refractivity contribution in [2.75, 3.05) is 20.3 Å². The van der Waals surface area contributed by atoms with Crippen molar-refractivity contribution in [3.05, 3.63) is 0 Å². The molecule has 1 aliphatic rings. The lowest BCUT2D eigenvalue weighted by Crippen LogP contribution is -2.32. The van der Waals surface area contributed by atoms with Crippen LogP contribution in [0.1, 0.15) is 13.3 Å². The van der Waals surface area contributed by atoms with Gasteiger partial charge in [0.25, 0.3) is 0 Å². The molecule has 2 atom stereocenters. The van der Waals surface area contributed by atoms with Crippen molar-refractivity contribution >= 4 is 5.84 Å². The average Bonchev–Trinajstić information content (AvgIpc) is 2.77. The van der Waals surface area contributed by atoms with Crippen LogP contribution in [0, 0.1) is 11.8 Å². The van der Waals surface area contributed by atoms with Gasteiger partial charge in [0.05, 0.1) is 13.2 Å². The van der Waals surface area contributed by atoms with Gasteiger partial charge in [-0.2, -0.15) is 0 Å². The van der Waals surface area contributed by atoms with Crippen LogP contribution in [-0.2, 0) is 4.74 Å². The van der Waals surface area contributed by atoms with E-state index in [0.29, 0.717) is 19.1 Å². The van der Waals surface area contributed by atoms with E-state index in [1.807, 2.05) is 0 Å². The molecule has 1 saturated carbocycles. The number of nitrogens with zero attached hydrogens (tertiary/aromatic N) is 1. The molecule has 1 aliphatic carbocycles. The molecule has 4 heteroatoms. The molecule has 1 fully saturated rings. The highest BCUT2D eigenvalue weighted by Gasteiger charge is 2.36. The number of ether oxygens (including phenoxy) is 1. The van der Waals surface area contributed by atoms with E-state index in [2.05, 4.69) is 17.3 Å². The third-order valence-electron chi connectivity index (χ3n) is 2.19. The molecule has 2 unspecified atom stereocenters. The molecule has 0 radical (unpaired) electrons. The number of nitrogens with two attached hydrogens (primary N) is 1. The summed E-state index contributed by atoms with van der Waals surface area (Å²) >= 11 is 0. The average molecular weight is 171 g/mol. The number of rotatable bonds is 4. The lowest BCUT2D eigenvalue weighted by Gasteiger charge is -2.03. The Hall–Kier alpha value is -0.610. The zero-order valence-electron chi connectivity index (χ0n) is 7.71. The number of hydrogen-bond acceptors (Lipinski definition) is 3. The van der Waals surface area contributed by atoms with Gasteiger partial charge in [0.2, 0.25) is 0 Å². The van der Waals surface area contributed by atoms with E-state index in [9.17, 15) is 0 Å². The van der Waals surface area contributed by atoms with E-state index in [4.69, 9.17) is 10.6 Å². The van der Waals surface area contributed by atoms with Crippen molar-refractivity contribution in [3.63, 3.8) is 0 Å². The van der Waals surface area contributed by atoms with E-state index in [0.717, 1.165) is 11.8 Å². The highest BCUT2D eigenvalue weighted by Crippen LogP contribution is 2.37. The molecule has 0 amide bonds. The Morgan fingerprint density at radius 2 is 2.42 bits per heavy atom. The molecule has 0 heterocycles. The third-order valence-corrected chi connectivity index (χ3v) is 2.19. The number of hydrazine groups is 1. The van der Waals surface area contributed by atoms with Crippen molar-refractivity contribution in [3.8, 4) is 0 Å². The molecule has 0 saturated heterocycles. The summed E-state index contributed by atoms with van der Waals surface area (Å²) in [6.45, 7) is 3.55. The highest BCUT2D eigenvalue weighted by molar-refractivity contribution is 5.86. The van der Waals surface area contributed by atoms with Gasteiger partial charge >= 0.3 is 0 Å². The second-order valence-corrected chi connectivity index (χ2v) is 3.22. The largest absolute Gasteiger partial charge is 0.383 e. The van der Waals surface area contributed by atoms with Gasteiger partial charge in [0.15, 0.2) is 0 Å². The molecule has 0 aliphatic heterocycles. The van der Waals surface area contributed by atoms with Gasteiger partial charge in [0, 0.05) is 13.0 Å². The van der Waals surface area contributed by atoms with Crippen LogP contribution in [0.15, 0.2) is 4.99 Å². The summed E-state index contributed by atoms with van der Waals surface area (Å²) in [6.07, 6.45) is 1.20. The van der Waals surface area contributed by atoms with Gasteiger partial charge in [-0.25, -0.2) is 5.84 Å². The summed E-state index contributed by atoms with van der Waals surface area (Å²) in [5.74, 6) is 7.57. The minimum atomic E-state index is 0.562. The number of amidine groups is 1. The van der Waals surface area contributed by atoms with E-state index in [-0.39, 0.29) is 0 Å². The molecule has 3 N–H and O–H groups in total. The molecule has 12 heavy (non-hydrogen) atoms.